The molecule has 0 aliphatic rings. The van der Waals surface area contributed by atoms with Crippen LogP contribution in [-0.4, -0.2) is 18.4 Å². The maximum absolute atomic E-state index is 13.2. The Morgan fingerprint density at radius 3 is 2.68 bits per heavy atom. The lowest BCUT2D eigenvalue weighted by molar-refractivity contribution is 0.140. The zero-order valence-corrected chi connectivity index (χ0v) is 14.3. The number of nitrogens with zero attached hydrogens (tertiary/aromatic N) is 1. The highest BCUT2D eigenvalue weighted by Gasteiger charge is 2.20. The Hall–Kier alpha value is -2.38. The van der Waals surface area contributed by atoms with E-state index in [1.54, 1.807) is 13.0 Å². The molecule has 0 aliphatic heterocycles. The van der Waals surface area contributed by atoms with E-state index in [9.17, 15) is 18.8 Å². The van der Waals surface area contributed by atoms with Crippen LogP contribution >= 0.6 is 11.6 Å². The number of hydrogen-bond acceptors (Lipinski definition) is 4. The summed E-state index contributed by atoms with van der Waals surface area (Å²) in [6.45, 7) is 1.47. The Bertz CT molecular complexity index is 770. The first kappa shape index (κ1) is 19.0. The van der Waals surface area contributed by atoms with Gasteiger partial charge in [-0.05, 0) is 31.2 Å². The number of halogens is 3. The fourth-order valence-corrected chi connectivity index (χ4v) is 2.42. The number of aryl methyl sites for hydroxylation is 1. The second-order valence-electron chi connectivity index (χ2n) is 5.15. The van der Waals surface area contributed by atoms with E-state index in [0.717, 1.165) is 7.11 Å². The molecule has 0 saturated carbocycles. The summed E-state index contributed by atoms with van der Waals surface area (Å²) in [7, 11) is 1.10. The van der Waals surface area contributed by atoms with Crippen molar-refractivity contribution in [1.29, 1.82) is 0 Å². The number of rotatable bonds is 5. The lowest BCUT2D eigenvalue weighted by Gasteiger charge is -2.19. The van der Waals surface area contributed by atoms with Crippen LogP contribution < -0.4 is 9.80 Å². The van der Waals surface area contributed by atoms with Crippen LogP contribution in [0.2, 0.25) is 5.02 Å². The first-order chi connectivity index (χ1) is 11.8. The van der Waals surface area contributed by atoms with Gasteiger partial charge < -0.3 is 9.47 Å². The average Bonchev–Trinajstić information content (AvgIpc) is 2.59. The number of hydrogen-bond donors (Lipinski definition) is 1. The summed E-state index contributed by atoms with van der Waals surface area (Å²) in [4.78, 5) is 11.5. The van der Waals surface area contributed by atoms with Crippen LogP contribution in [0.4, 0.5) is 19.3 Å². The minimum atomic E-state index is -2.70. The van der Waals surface area contributed by atoms with Crippen molar-refractivity contribution in [2.75, 3.05) is 12.2 Å². The molecule has 25 heavy (non-hydrogen) atoms. The van der Waals surface area contributed by atoms with Gasteiger partial charge in [0.05, 0.1) is 18.4 Å². The smallest absolute Gasteiger partial charge is 0.438 e. The molecule has 134 valence electrons. The van der Waals surface area contributed by atoms with Gasteiger partial charge in [0.15, 0.2) is 0 Å². The van der Waals surface area contributed by atoms with Crippen molar-refractivity contribution in [3.8, 4) is 5.75 Å². The van der Waals surface area contributed by atoms with E-state index < -0.39 is 12.5 Å². The van der Waals surface area contributed by atoms with Crippen molar-refractivity contribution in [2.24, 2.45) is 0 Å². The van der Waals surface area contributed by atoms with Gasteiger partial charge in [0.1, 0.15) is 12.4 Å². The molecule has 5 nitrogen and oxygen atoms in total. The molecule has 1 N–H and O–H groups in total. The van der Waals surface area contributed by atoms with Gasteiger partial charge in [0, 0.05) is 10.6 Å². The van der Waals surface area contributed by atoms with Gasteiger partial charge in [-0.1, -0.05) is 29.3 Å². The van der Waals surface area contributed by atoms with Gasteiger partial charge in [-0.2, -0.15) is 5.06 Å². The summed E-state index contributed by atoms with van der Waals surface area (Å²) < 4.78 is 36.2. The van der Waals surface area contributed by atoms with E-state index in [2.05, 4.69) is 4.74 Å². The third-order valence-electron chi connectivity index (χ3n) is 3.44. The monoisotopic (exact) mass is 371 g/mol. The van der Waals surface area contributed by atoms with Crippen molar-refractivity contribution < 1.29 is 28.3 Å². The Kier molecular flexibility index (Phi) is 6.17. The van der Waals surface area contributed by atoms with Crippen LogP contribution in [0, 0.1) is 6.92 Å². The van der Waals surface area contributed by atoms with Crippen molar-refractivity contribution >= 4 is 23.4 Å². The molecule has 0 radical (unpaired) electrons. The van der Waals surface area contributed by atoms with Crippen LogP contribution in [0.3, 0.4) is 0 Å². The minimum Gasteiger partial charge on any atom is -0.488 e. The number of carbonyl (C=O) groups excluding carboxylic acids is 1. The summed E-state index contributed by atoms with van der Waals surface area (Å²) >= 11 is 6.10. The van der Waals surface area contributed by atoms with Crippen LogP contribution in [0.25, 0.3) is 0 Å². The number of anilines is 1. The molecule has 2 aromatic rings. The molecule has 0 aliphatic carbocycles. The highest BCUT2D eigenvalue weighted by atomic mass is 35.5. The predicted octanol–water partition coefficient (Wildman–Crippen LogP) is 5.13. The van der Waals surface area contributed by atoms with Gasteiger partial charge >= 0.3 is 6.09 Å². The summed E-state index contributed by atoms with van der Waals surface area (Å²) in [6, 6.07) is 8.87. The molecule has 0 heterocycles. The molecule has 0 saturated heterocycles. The number of amides is 1. The molecular weight excluding hydrogens is 356 g/mol. The van der Waals surface area contributed by atoms with E-state index in [1.165, 1.54) is 30.3 Å². The predicted molar refractivity (Wildman–Crippen MR) is 88.6 cm³/mol. The van der Waals surface area contributed by atoms with Crippen molar-refractivity contribution in [2.45, 2.75) is 20.0 Å². The topological polar surface area (TPSA) is 59.0 Å². The van der Waals surface area contributed by atoms with Gasteiger partial charge in [-0.15, -0.1) is 0 Å². The minimum absolute atomic E-state index is 0.00553. The number of alkyl halides is 2. The van der Waals surface area contributed by atoms with Crippen LogP contribution in [-0.2, 0) is 11.3 Å². The van der Waals surface area contributed by atoms with Crippen LogP contribution in [0.5, 0.6) is 5.75 Å². The van der Waals surface area contributed by atoms with Gasteiger partial charge in [-0.25, -0.2) is 13.6 Å². The van der Waals surface area contributed by atoms with Gasteiger partial charge in [0.2, 0.25) is 0 Å². The number of methoxy groups -OCH3 is 1. The molecule has 2 aromatic carbocycles. The zero-order chi connectivity index (χ0) is 18.6. The van der Waals surface area contributed by atoms with Crippen molar-refractivity contribution in [3.05, 3.63) is 58.1 Å². The van der Waals surface area contributed by atoms with Gasteiger partial charge in [-0.3, -0.25) is 5.21 Å². The number of carbonyl (C=O) groups is 1. The maximum Gasteiger partial charge on any atom is 0.438 e. The Balaban J connectivity index is 2.31. The number of ether oxygens (including phenoxy) is 2. The van der Waals surface area contributed by atoms with E-state index in [0.29, 0.717) is 5.56 Å². The molecule has 0 fully saturated rings. The summed E-state index contributed by atoms with van der Waals surface area (Å²) in [5, 5.41) is 10.4. The lowest BCUT2D eigenvalue weighted by Crippen LogP contribution is -2.28. The average molecular weight is 372 g/mol. The number of benzene rings is 2. The Labute approximate surface area is 148 Å². The van der Waals surface area contributed by atoms with Crippen LogP contribution in [0.15, 0.2) is 36.4 Å². The number of hydroxylamine groups is 1. The zero-order valence-electron chi connectivity index (χ0n) is 13.5. The molecular formula is C17H16ClF2NO4. The van der Waals surface area contributed by atoms with Crippen LogP contribution in [0.1, 0.15) is 23.1 Å². The second kappa shape index (κ2) is 8.13. The third-order valence-corrected chi connectivity index (χ3v) is 3.80. The SMILES string of the molecule is COC(=O)N(O)c1cccc(Cl)c1COc1ccc(C)cc1C(F)F. The Morgan fingerprint density at radius 2 is 2.04 bits per heavy atom. The summed E-state index contributed by atoms with van der Waals surface area (Å²) in [6.07, 6.45) is -3.72. The highest BCUT2D eigenvalue weighted by molar-refractivity contribution is 6.31. The van der Waals surface area contributed by atoms with E-state index in [4.69, 9.17) is 16.3 Å². The standard InChI is InChI=1S/C17H16ClF2NO4/c1-10-6-7-15(11(8-10)16(19)20)25-9-12-13(18)4-3-5-14(12)21(23)17(22)24-2/h3-8,16,23H,9H2,1-2H3. The fraction of sp³-hybridized carbons (Fsp3) is 0.235. The molecule has 1 amide bonds. The highest BCUT2D eigenvalue weighted by Crippen LogP contribution is 2.33. The largest absolute Gasteiger partial charge is 0.488 e. The summed E-state index contributed by atoms with van der Waals surface area (Å²) in [5.74, 6) is -0.00553. The fourth-order valence-electron chi connectivity index (χ4n) is 2.19. The first-order valence-electron chi connectivity index (χ1n) is 7.21. The molecule has 0 unspecified atom stereocenters. The molecule has 2 rings (SSSR count). The normalized spacial score (nSPS) is 10.7. The molecule has 0 atom stereocenters. The summed E-state index contributed by atoms with van der Waals surface area (Å²) in [5.41, 5.74) is 0.707. The second-order valence-corrected chi connectivity index (χ2v) is 5.56. The molecule has 0 bridgehead atoms. The van der Waals surface area contributed by atoms with E-state index in [-0.39, 0.29) is 39.3 Å². The molecule has 0 aromatic heterocycles. The lowest BCUT2D eigenvalue weighted by atomic mass is 10.1. The van der Waals surface area contributed by atoms with Crippen molar-refractivity contribution in [1.82, 2.24) is 0 Å². The third kappa shape index (κ3) is 4.37. The first-order valence-corrected chi connectivity index (χ1v) is 7.58. The maximum atomic E-state index is 13.2. The van der Waals surface area contributed by atoms with Crippen molar-refractivity contribution in [3.63, 3.8) is 0 Å². The molecule has 0 spiro atoms. The van der Waals surface area contributed by atoms with E-state index in [1.807, 2.05) is 0 Å². The van der Waals surface area contributed by atoms with Gasteiger partial charge in [0.25, 0.3) is 6.43 Å². The quantitative estimate of drug-likeness (QED) is 0.585. The Morgan fingerprint density at radius 1 is 1.32 bits per heavy atom. The molecule has 8 heteroatoms. The van der Waals surface area contributed by atoms with E-state index >= 15 is 0 Å².